The number of rotatable bonds is 14. The number of likely N-dealkylation sites (tertiary alicyclic amines) is 1. The summed E-state index contributed by atoms with van der Waals surface area (Å²) < 4.78 is 10.7. The Hall–Kier alpha value is -0.327. The van der Waals surface area contributed by atoms with Crippen molar-refractivity contribution < 1.29 is 38.9 Å². The quantitative estimate of drug-likeness (QED) is 0.239. The number of aliphatic hydroxyl groups is 1. The van der Waals surface area contributed by atoms with Gasteiger partial charge in [-0.25, -0.2) is 0 Å². The molecule has 2 atom stereocenters. The van der Waals surface area contributed by atoms with Gasteiger partial charge in [0.25, 0.3) is 0 Å². The normalized spacial score (nSPS) is 16.4. The van der Waals surface area contributed by atoms with Crippen molar-refractivity contribution in [2.24, 2.45) is 0 Å². The maximum absolute atomic E-state index is 10.8. The van der Waals surface area contributed by atoms with Crippen LogP contribution >= 0.6 is 0 Å². The number of nitrogens with zero attached hydrogens (tertiary/aromatic N) is 2. The second-order valence-electron chi connectivity index (χ2n) is 7.60. The topological polar surface area (TPSA) is 73.1 Å². The van der Waals surface area contributed by atoms with Gasteiger partial charge in [-0.15, -0.1) is 6.54 Å². The zero-order valence-corrected chi connectivity index (χ0v) is 22.5. The van der Waals surface area contributed by atoms with E-state index in [1.807, 2.05) is 13.8 Å². The Labute approximate surface area is 191 Å². The van der Waals surface area contributed by atoms with Crippen molar-refractivity contribution >= 4 is 5.78 Å². The van der Waals surface area contributed by atoms with Gasteiger partial charge in [-0.3, -0.25) is 4.79 Å². The van der Waals surface area contributed by atoms with E-state index in [1.54, 1.807) is 19.9 Å². The van der Waals surface area contributed by atoms with E-state index in [9.17, 15) is 4.79 Å². The van der Waals surface area contributed by atoms with Crippen LogP contribution in [0.4, 0.5) is 0 Å². The molecule has 1 aliphatic heterocycles. The molecule has 0 aliphatic carbocycles. The van der Waals surface area contributed by atoms with Crippen LogP contribution < -0.4 is 0 Å². The molecule has 6 nitrogen and oxygen atoms in total. The fourth-order valence-electron chi connectivity index (χ4n) is 2.74. The zero-order valence-electron chi connectivity index (χ0n) is 19.5. The van der Waals surface area contributed by atoms with Crippen LogP contribution in [0, 0.1) is 0 Å². The maximum Gasteiger partial charge on any atom is 2.00 e. The average molecular weight is 465 g/mol. The number of carbonyl (C=O) groups is 1. The molecule has 1 fully saturated rings. The van der Waals surface area contributed by atoms with Crippen LogP contribution in [-0.2, 0) is 33.7 Å². The van der Waals surface area contributed by atoms with Gasteiger partial charge in [0.15, 0.2) is 5.78 Å². The number of hydrogen-bond donors (Lipinski definition) is 1. The third kappa shape index (κ3) is 22.2. The third-order valence-corrected chi connectivity index (χ3v) is 4.22. The van der Waals surface area contributed by atoms with Crippen molar-refractivity contribution in [1.82, 2.24) is 4.90 Å². The Morgan fingerprint density at radius 2 is 1.83 bits per heavy atom. The van der Waals surface area contributed by atoms with E-state index in [-0.39, 0.29) is 31.4 Å². The molecule has 0 bridgehead atoms. The van der Waals surface area contributed by atoms with Crippen molar-refractivity contribution in [2.45, 2.75) is 78.9 Å². The number of aliphatic hydroxyl groups excluding tert-OH is 1. The van der Waals surface area contributed by atoms with E-state index in [4.69, 9.17) is 14.6 Å². The van der Waals surface area contributed by atoms with Gasteiger partial charge >= 0.3 is 19.5 Å². The number of unbranched alkanes of at least 4 members (excludes halogenated alkanes) is 1. The summed E-state index contributed by atoms with van der Waals surface area (Å²) in [4.78, 5) is 13.2. The minimum Gasteiger partial charge on any atom is -0.688 e. The van der Waals surface area contributed by atoms with Crippen LogP contribution in [0.5, 0.6) is 0 Å². The summed E-state index contributed by atoms with van der Waals surface area (Å²) in [7, 11) is 0. The summed E-state index contributed by atoms with van der Waals surface area (Å²) in [6.45, 7) is 15.5. The summed E-state index contributed by atoms with van der Waals surface area (Å²) in [6, 6.07) is 0. The number of hydrogen-bond acceptors (Lipinski definition) is 5. The molecule has 0 aromatic rings. The Bertz CT molecular complexity index is 414. The van der Waals surface area contributed by atoms with Gasteiger partial charge < -0.3 is 24.8 Å². The van der Waals surface area contributed by atoms with Crippen molar-refractivity contribution in [1.29, 1.82) is 0 Å². The molecule has 29 heavy (non-hydrogen) atoms. The molecule has 2 unspecified atom stereocenters. The van der Waals surface area contributed by atoms with Crippen LogP contribution in [0.1, 0.15) is 66.7 Å². The first-order valence-corrected chi connectivity index (χ1v) is 10.8. The first-order valence-electron chi connectivity index (χ1n) is 10.8. The number of carbonyl (C=O) groups excluding carboxylic acids is 1. The van der Waals surface area contributed by atoms with Crippen LogP contribution in [0.3, 0.4) is 0 Å². The molecule has 1 saturated heterocycles. The molecular weight excluding hydrogens is 422 g/mol. The molecule has 0 amide bonds. The Kier molecular flexibility index (Phi) is 22.3. The van der Waals surface area contributed by atoms with Crippen molar-refractivity contribution in [2.75, 3.05) is 46.0 Å². The van der Waals surface area contributed by atoms with Crippen LogP contribution in [-0.4, -0.2) is 74.0 Å². The molecule has 7 heteroatoms. The Morgan fingerprint density at radius 3 is 2.38 bits per heavy atom. The fourth-order valence-corrected chi connectivity index (χ4v) is 2.74. The van der Waals surface area contributed by atoms with E-state index in [1.165, 1.54) is 25.9 Å². The second kappa shape index (κ2) is 20.9. The molecule has 1 N–H and O–H groups in total. The molecule has 0 spiro atoms. The van der Waals surface area contributed by atoms with E-state index < -0.39 is 6.10 Å². The van der Waals surface area contributed by atoms with E-state index >= 15 is 0 Å². The molecule has 1 heterocycles. The molecule has 0 radical (unpaired) electrons. The summed E-state index contributed by atoms with van der Waals surface area (Å²) in [5.41, 5.74) is 0.851. The largest absolute Gasteiger partial charge is 2.00 e. The van der Waals surface area contributed by atoms with Gasteiger partial charge in [0, 0.05) is 6.61 Å². The number of ether oxygens (including phenoxy) is 2. The second-order valence-corrected chi connectivity index (χ2v) is 7.60. The van der Waals surface area contributed by atoms with Gasteiger partial charge in [0.1, 0.15) is 0 Å². The molecule has 0 saturated carbocycles. The van der Waals surface area contributed by atoms with Gasteiger partial charge in [0.05, 0.1) is 25.4 Å². The first kappa shape index (κ1) is 30.9. The van der Waals surface area contributed by atoms with Gasteiger partial charge in [0.2, 0.25) is 0 Å². The van der Waals surface area contributed by atoms with Crippen LogP contribution in [0.15, 0.2) is 11.8 Å². The van der Waals surface area contributed by atoms with Crippen molar-refractivity contribution in [3.05, 3.63) is 17.1 Å². The van der Waals surface area contributed by atoms with Gasteiger partial charge in [-0.2, -0.15) is 5.70 Å². The summed E-state index contributed by atoms with van der Waals surface area (Å²) in [5, 5.41) is 13.3. The van der Waals surface area contributed by atoms with Gasteiger partial charge in [-0.05, 0) is 65.7 Å². The summed E-state index contributed by atoms with van der Waals surface area (Å²) in [6.07, 6.45) is 7.33. The predicted molar refractivity (Wildman–Crippen MR) is 116 cm³/mol. The number of allylic oxidation sites excluding steroid dienone is 2. The van der Waals surface area contributed by atoms with E-state index in [0.717, 1.165) is 44.7 Å². The molecule has 1 aliphatic rings. The summed E-state index contributed by atoms with van der Waals surface area (Å²) >= 11 is 0. The minimum absolute atomic E-state index is 0. The SMILES string of the molecule is CC(=O)/C=C(/C)[N-]CCCN1CCCC1.CCCCOCC(C)OCC(C)O.[Zn+2]. The fraction of sp³-hybridized carbons (Fsp3) is 0.864. The number of ketones is 1. The van der Waals surface area contributed by atoms with E-state index in [0.29, 0.717) is 13.2 Å². The monoisotopic (exact) mass is 463 g/mol. The molecule has 0 aromatic carbocycles. The minimum atomic E-state index is -0.391. The smallest absolute Gasteiger partial charge is 0.688 e. The van der Waals surface area contributed by atoms with Gasteiger partial charge in [-0.1, -0.05) is 26.7 Å². The van der Waals surface area contributed by atoms with Crippen LogP contribution in [0.25, 0.3) is 5.32 Å². The van der Waals surface area contributed by atoms with Crippen molar-refractivity contribution in [3.8, 4) is 0 Å². The Morgan fingerprint density at radius 1 is 1.17 bits per heavy atom. The molecule has 1 rings (SSSR count). The standard InChI is InChI=1S/C12H22N2O.C10H22O3.Zn/c1-11(10-12(2)15)13-6-5-9-14-7-3-4-8-14;1-4-5-6-12-8-10(3)13-7-9(2)11;/h10H,3-9H2,1-2H3,(H,13,15);9-11H,4-8H2,1-3H3;/q;;+2/p-1. The summed E-state index contributed by atoms with van der Waals surface area (Å²) in [5.74, 6) is 0.0794. The average Bonchev–Trinajstić information content (AvgIpc) is 3.14. The third-order valence-electron chi connectivity index (χ3n) is 4.22. The zero-order chi connectivity index (χ0) is 21.2. The predicted octanol–water partition coefficient (Wildman–Crippen LogP) is 3.93. The maximum atomic E-state index is 10.8. The first-order chi connectivity index (χ1) is 13.3. The molecular formula is C22H43N2O4Zn+. The van der Waals surface area contributed by atoms with E-state index in [2.05, 4.69) is 17.1 Å². The van der Waals surface area contributed by atoms with Crippen molar-refractivity contribution in [3.63, 3.8) is 0 Å². The molecule has 166 valence electrons. The Balaban J connectivity index is 0. The van der Waals surface area contributed by atoms with Crippen LogP contribution in [0.2, 0.25) is 0 Å². The molecule has 0 aromatic heterocycles.